The summed E-state index contributed by atoms with van der Waals surface area (Å²) in [6, 6.07) is 1.22. The third-order valence-electron chi connectivity index (χ3n) is 2.01. The third-order valence-corrected chi connectivity index (χ3v) is 2.46. The minimum atomic E-state index is -4.84. The van der Waals surface area contributed by atoms with Crippen LogP contribution in [0.3, 0.4) is 0 Å². The third kappa shape index (κ3) is 2.52. The Kier molecular flexibility index (Phi) is 3.66. The highest BCUT2D eigenvalue weighted by molar-refractivity contribution is 6.30. The summed E-state index contributed by atoms with van der Waals surface area (Å²) in [4.78, 5) is 0. The first-order chi connectivity index (χ1) is 7.70. The molecule has 1 rings (SSSR count). The van der Waals surface area contributed by atoms with Crippen molar-refractivity contribution >= 4 is 11.6 Å². The van der Waals surface area contributed by atoms with Crippen LogP contribution < -0.4 is 0 Å². The molecule has 0 saturated heterocycles. The van der Waals surface area contributed by atoms with E-state index < -0.39 is 34.8 Å². The van der Waals surface area contributed by atoms with Gasteiger partial charge in [0.05, 0.1) is 11.6 Å². The molecule has 17 heavy (non-hydrogen) atoms. The topological polar surface area (TPSA) is 82.1 Å². The zero-order valence-corrected chi connectivity index (χ0v) is 9.16. The van der Waals surface area contributed by atoms with Crippen LogP contribution in [0.1, 0.15) is 17.4 Å². The summed E-state index contributed by atoms with van der Waals surface area (Å²) in [5.41, 5.74) is -2.23. The molecule has 0 aromatic carbocycles. The molecule has 94 valence electrons. The maximum absolute atomic E-state index is 12.6. The van der Waals surface area contributed by atoms with Gasteiger partial charge in [0, 0.05) is 7.05 Å². The van der Waals surface area contributed by atoms with Gasteiger partial charge in [-0.05, 0) is 0 Å². The van der Waals surface area contributed by atoms with Crippen LogP contribution in [-0.4, -0.2) is 26.1 Å². The Morgan fingerprint density at radius 2 is 2.00 bits per heavy atom. The lowest BCUT2D eigenvalue weighted by Crippen LogP contribution is -2.20. The molecule has 0 amide bonds. The fourth-order valence-electron chi connectivity index (χ4n) is 1.22. The number of halogens is 4. The molecule has 1 heterocycles. The van der Waals surface area contributed by atoms with Crippen molar-refractivity contribution in [2.45, 2.75) is 18.4 Å². The molecule has 2 unspecified atom stereocenters. The van der Waals surface area contributed by atoms with E-state index in [-0.39, 0.29) is 0 Å². The molecule has 9 heteroatoms. The van der Waals surface area contributed by atoms with E-state index in [2.05, 4.69) is 5.10 Å². The van der Waals surface area contributed by atoms with Gasteiger partial charge in [0.1, 0.15) is 11.3 Å². The monoisotopic (exact) mass is 269 g/mol. The SMILES string of the molecule is Cn1nc(C(F)(F)F)c(C(O)C(O)C#N)c1Cl. The van der Waals surface area contributed by atoms with Crippen molar-refractivity contribution < 1.29 is 23.4 Å². The molecular formula is C8H7ClF3N3O2. The minimum Gasteiger partial charge on any atom is -0.384 e. The Morgan fingerprint density at radius 3 is 2.41 bits per heavy atom. The second-order valence-corrected chi connectivity index (χ2v) is 3.55. The molecule has 2 atom stereocenters. The van der Waals surface area contributed by atoms with Gasteiger partial charge in [0.25, 0.3) is 0 Å². The average molecular weight is 270 g/mol. The summed E-state index contributed by atoms with van der Waals surface area (Å²) in [5, 5.41) is 29.4. The standard InChI is InChI=1S/C8H7ClF3N3O2/c1-15-7(9)4(5(17)3(16)2-13)6(14-15)8(10,11)12/h3,5,16-17H,1H3. The van der Waals surface area contributed by atoms with Gasteiger partial charge in [-0.1, -0.05) is 11.6 Å². The number of hydrogen-bond acceptors (Lipinski definition) is 4. The lowest BCUT2D eigenvalue weighted by Gasteiger charge is -2.13. The number of aliphatic hydroxyl groups excluding tert-OH is 2. The summed E-state index contributed by atoms with van der Waals surface area (Å²) >= 11 is 5.54. The molecule has 0 aliphatic rings. The molecule has 1 aromatic heterocycles. The fraction of sp³-hybridized carbons (Fsp3) is 0.500. The van der Waals surface area contributed by atoms with E-state index in [1.165, 1.54) is 6.07 Å². The van der Waals surface area contributed by atoms with E-state index in [4.69, 9.17) is 22.0 Å². The number of nitrogens with zero attached hydrogens (tertiary/aromatic N) is 3. The predicted octanol–water partition coefficient (Wildman–Crippen LogP) is 1.01. The first kappa shape index (κ1) is 13.8. The first-order valence-electron chi connectivity index (χ1n) is 4.25. The number of hydrogen-bond donors (Lipinski definition) is 2. The van der Waals surface area contributed by atoms with Crippen molar-refractivity contribution in [2.24, 2.45) is 7.05 Å². The number of aliphatic hydroxyl groups is 2. The number of rotatable bonds is 2. The predicted molar refractivity (Wildman–Crippen MR) is 49.8 cm³/mol. The molecule has 0 fully saturated rings. The smallest absolute Gasteiger partial charge is 0.384 e. The first-order valence-corrected chi connectivity index (χ1v) is 4.63. The van der Waals surface area contributed by atoms with Crippen LogP contribution in [0.25, 0.3) is 0 Å². The van der Waals surface area contributed by atoms with Crippen LogP contribution in [-0.2, 0) is 13.2 Å². The largest absolute Gasteiger partial charge is 0.435 e. The van der Waals surface area contributed by atoms with Crippen molar-refractivity contribution in [2.75, 3.05) is 0 Å². The Morgan fingerprint density at radius 1 is 1.47 bits per heavy atom. The van der Waals surface area contributed by atoms with Gasteiger partial charge in [-0.2, -0.15) is 23.5 Å². The maximum atomic E-state index is 12.6. The summed E-state index contributed by atoms with van der Waals surface area (Å²) in [7, 11) is 1.15. The molecule has 0 aliphatic heterocycles. The Hall–Kier alpha value is -1.30. The molecule has 5 nitrogen and oxygen atoms in total. The van der Waals surface area contributed by atoms with Crippen LogP contribution >= 0.6 is 11.6 Å². The Balaban J connectivity index is 3.37. The molecule has 0 radical (unpaired) electrons. The van der Waals surface area contributed by atoms with E-state index in [0.29, 0.717) is 4.68 Å². The van der Waals surface area contributed by atoms with Gasteiger partial charge in [0.15, 0.2) is 11.8 Å². The molecular weight excluding hydrogens is 263 g/mol. The highest BCUT2D eigenvalue weighted by Crippen LogP contribution is 2.38. The van der Waals surface area contributed by atoms with Crippen molar-refractivity contribution in [1.29, 1.82) is 5.26 Å². The fourth-order valence-corrected chi connectivity index (χ4v) is 1.46. The summed E-state index contributed by atoms with van der Waals surface area (Å²) in [6.07, 6.45) is -8.92. The van der Waals surface area contributed by atoms with E-state index in [1.54, 1.807) is 0 Å². The summed E-state index contributed by atoms with van der Waals surface area (Å²) < 4.78 is 38.4. The zero-order valence-electron chi connectivity index (χ0n) is 8.40. The average Bonchev–Trinajstić information content (AvgIpc) is 2.53. The van der Waals surface area contributed by atoms with Crippen molar-refractivity contribution in [3.63, 3.8) is 0 Å². The van der Waals surface area contributed by atoms with E-state index in [9.17, 15) is 18.3 Å². The number of nitriles is 1. The number of aromatic nitrogens is 2. The van der Waals surface area contributed by atoms with Gasteiger partial charge in [-0.15, -0.1) is 0 Å². The van der Waals surface area contributed by atoms with Gasteiger partial charge in [-0.25, -0.2) is 0 Å². The van der Waals surface area contributed by atoms with Crippen molar-refractivity contribution in [3.05, 3.63) is 16.4 Å². The quantitative estimate of drug-likeness (QED) is 0.785. The Labute approximate surface area is 98.6 Å². The van der Waals surface area contributed by atoms with Gasteiger partial charge in [0.2, 0.25) is 0 Å². The zero-order chi connectivity index (χ0) is 13.4. The molecule has 0 saturated carbocycles. The summed E-state index contributed by atoms with van der Waals surface area (Å²) in [6.45, 7) is 0. The van der Waals surface area contributed by atoms with E-state index in [0.717, 1.165) is 7.05 Å². The number of alkyl halides is 3. The molecule has 2 N–H and O–H groups in total. The van der Waals surface area contributed by atoms with Crippen LogP contribution in [0.4, 0.5) is 13.2 Å². The van der Waals surface area contributed by atoms with Crippen LogP contribution in [0.5, 0.6) is 0 Å². The maximum Gasteiger partial charge on any atom is 0.435 e. The van der Waals surface area contributed by atoms with E-state index in [1.807, 2.05) is 0 Å². The second kappa shape index (κ2) is 4.52. The number of aryl methyl sites for hydroxylation is 1. The Bertz CT molecular complexity index is 466. The van der Waals surface area contributed by atoms with Gasteiger partial charge >= 0.3 is 6.18 Å². The van der Waals surface area contributed by atoms with Gasteiger partial charge < -0.3 is 10.2 Å². The lowest BCUT2D eigenvalue weighted by molar-refractivity contribution is -0.143. The highest BCUT2D eigenvalue weighted by Gasteiger charge is 2.42. The highest BCUT2D eigenvalue weighted by atomic mass is 35.5. The lowest BCUT2D eigenvalue weighted by atomic mass is 10.1. The normalized spacial score (nSPS) is 15.4. The molecule has 0 aliphatic carbocycles. The van der Waals surface area contributed by atoms with Gasteiger partial charge in [-0.3, -0.25) is 4.68 Å². The molecule has 0 spiro atoms. The van der Waals surface area contributed by atoms with Crippen LogP contribution in [0.15, 0.2) is 0 Å². The van der Waals surface area contributed by atoms with Crippen LogP contribution in [0, 0.1) is 11.3 Å². The van der Waals surface area contributed by atoms with Crippen molar-refractivity contribution in [1.82, 2.24) is 9.78 Å². The second-order valence-electron chi connectivity index (χ2n) is 3.19. The van der Waals surface area contributed by atoms with E-state index >= 15 is 0 Å². The van der Waals surface area contributed by atoms with Crippen molar-refractivity contribution in [3.8, 4) is 6.07 Å². The minimum absolute atomic E-state index is 0.487. The molecule has 1 aromatic rings. The summed E-state index contributed by atoms with van der Waals surface area (Å²) in [5.74, 6) is 0. The molecule has 0 bridgehead atoms. The van der Waals surface area contributed by atoms with Crippen LogP contribution in [0.2, 0.25) is 5.15 Å².